The average Bonchev–Trinajstić information content (AvgIpc) is 2.93. The third-order valence-electron chi connectivity index (χ3n) is 4.21. The molecule has 0 aromatic heterocycles. The summed E-state index contributed by atoms with van der Waals surface area (Å²) in [7, 11) is 0. The lowest BCUT2D eigenvalue weighted by Crippen LogP contribution is -2.27. The van der Waals surface area contributed by atoms with Gasteiger partial charge in [0.2, 0.25) is 0 Å². The summed E-state index contributed by atoms with van der Waals surface area (Å²) in [5.41, 5.74) is -0.303. The maximum Gasteiger partial charge on any atom is 0.271 e. The predicted molar refractivity (Wildman–Crippen MR) is 99.0 cm³/mol. The zero-order chi connectivity index (χ0) is 21.3. The van der Waals surface area contributed by atoms with E-state index in [9.17, 15) is 29.6 Å². The van der Waals surface area contributed by atoms with Crippen LogP contribution in [0.15, 0.2) is 48.2 Å². The smallest absolute Gasteiger partial charge is 0.271 e. The first-order valence-corrected chi connectivity index (χ1v) is 8.12. The second kappa shape index (κ2) is 7.24. The molecule has 10 heteroatoms. The van der Waals surface area contributed by atoms with Gasteiger partial charge in [-0.15, -0.1) is 0 Å². The standard InChI is InChI=1S/C19H12N4O6/c1-10(6-7-20)22-18(26)13-4-2-11(8-14(13)19(22)27)17(25)21-15-9-12(23(28)29)3-5-16(15)24/h2-6,8-9,24H,1H3,(H,21,25)/b10-6+. The Morgan fingerprint density at radius 1 is 1.21 bits per heavy atom. The molecule has 0 bridgehead atoms. The molecule has 0 fully saturated rings. The Morgan fingerprint density at radius 2 is 1.90 bits per heavy atom. The SMILES string of the molecule is C/C(=C\C#N)N1C(=O)c2ccc(C(=O)Nc3cc([N+](=O)[O-])ccc3O)cc2C1=O. The van der Waals surface area contributed by atoms with Gasteiger partial charge in [-0.3, -0.25) is 24.5 Å². The molecule has 2 N–H and O–H groups in total. The number of benzene rings is 2. The second-order valence-corrected chi connectivity index (χ2v) is 6.03. The number of nitro benzene ring substituents is 1. The molecule has 10 nitrogen and oxygen atoms in total. The van der Waals surface area contributed by atoms with Crippen LogP contribution in [0.3, 0.4) is 0 Å². The highest BCUT2D eigenvalue weighted by molar-refractivity contribution is 6.23. The fraction of sp³-hybridized carbons (Fsp3) is 0.0526. The molecule has 0 saturated heterocycles. The molecule has 0 radical (unpaired) electrons. The van der Waals surface area contributed by atoms with E-state index in [1.54, 1.807) is 6.07 Å². The lowest BCUT2D eigenvalue weighted by atomic mass is 10.1. The number of imide groups is 1. The minimum absolute atomic E-state index is 0.000396. The molecule has 1 aliphatic heterocycles. The zero-order valence-corrected chi connectivity index (χ0v) is 14.9. The van der Waals surface area contributed by atoms with Gasteiger partial charge in [0.25, 0.3) is 23.4 Å². The minimum atomic E-state index is -0.744. The lowest BCUT2D eigenvalue weighted by molar-refractivity contribution is -0.384. The molecule has 3 amide bonds. The summed E-state index contributed by atoms with van der Waals surface area (Å²) in [5.74, 6) is -2.41. The fourth-order valence-electron chi connectivity index (χ4n) is 2.79. The van der Waals surface area contributed by atoms with Crippen molar-refractivity contribution in [3.05, 3.63) is 75.0 Å². The summed E-state index contributed by atoms with van der Waals surface area (Å²) in [6.07, 6.45) is 1.06. The number of rotatable bonds is 4. The number of carbonyl (C=O) groups is 3. The molecule has 0 saturated carbocycles. The van der Waals surface area contributed by atoms with Crippen LogP contribution >= 0.6 is 0 Å². The number of nitro groups is 1. The first-order chi connectivity index (χ1) is 13.7. The van der Waals surface area contributed by atoms with E-state index in [4.69, 9.17) is 5.26 Å². The molecule has 1 aliphatic rings. The summed E-state index contributed by atoms with van der Waals surface area (Å²) < 4.78 is 0. The molecule has 29 heavy (non-hydrogen) atoms. The third-order valence-corrected chi connectivity index (χ3v) is 4.21. The van der Waals surface area contributed by atoms with E-state index in [0.717, 1.165) is 29.2 Å². The summed E-state index contributed by atoms with van der Waals surface area (Å²) in [5, 5.41) is 31.7. The van der Waals surface area contributed by atoms with E-state index in [1.165, 1.54) is 25.1 Å². The highest BCUT2D eigenvalue weighted by Crippen LogP contribution is 2.30. The van der Waals surface area contributed by atoms with E-state index >= 15 is 0 Å². The Balaban J connectivity index is 1.92. The number of non-ortho nitro benzene ring substituents is 1. The Morgan fingerprint density at radius 3 is 2.55 bits per heavy atom. The molecule has 3 rings (SSSR count). The van der Waals surface area contributed by atoms with Gasteiger partial charge >= 0.3 is 0 Å². The van der Waals surface area contributed by atoms with Crippen molar-refractivity contribution in [2.75, 3.05) is 5.32 Å². The molecule has 1 heterocycles. The molecule has 2 aromatic carbocycles. The Kier molecular flexibility index (Phi) is 4.81. The van der Waals surface area contributed by atoms with Crippen LogP contribution in [0.4, 0.5) is 11.4 Å². The molecule has 2 aromatic rings. The van der Waals surface area contributed by atoms with Crippen molar-refractivity contribution in [2.45, 2.75) is 6.92 Å². The third kappa shape index (κ3) is 3.40. The number of phenols is 1. The van der Waals surface area contributed by atoms with Gasteiger partial charge in [0.05, 0.1) is 27.8 Å². The maximum absolute atomic E-state index is 12.5. The van der Waals surface area contributed by atoms with Crippen molar-refractivity contribution in [3.8, 4) is 11.8 Å². The molecule has 0 atom stereocenters. The Bertz CT molecular complexity index is 1160. The van der Waals surface area contributed by atoms with Gasteiger partial charge in [0.1, 0.15) is 5.75 Å². The van der Waals surface area contributed by atoms with Gasteiger partial charge < -0.3 is 10.4 Å². The Hall–Kier alpha value is -4.52. The minimum Gasteiger partial charge on any atom is -0.506 e. The van der Waals surface area contributed by atoms with Crippen molar-refractivity contribution < 1.29 is 24.4 Å². The molecular formula is C19H12N4O6. The van der Waals surface area contributed by atoms with Crippen LogP contribution in [-0.4, -0.2) is 32.7 Å². The molecule has 0 unspecified atom stereocenters. The number of hydrogen-bond donors (Lipinski definition) is 2. The van der Waals surface area contributed by atoms with Crippen molar-refractivity contribution in [2.24, 2.45) is 0 Å². The summed E-state index contributed by atoms with van der Waals surface area (Å²) in [6.45, 7) is 1.43. The van der Waals surface area contributed by atoms with Gasteiger partial charge in [-0.1, -0.05) is 0 Å². The molecular weight excluding hydrogens is 380 g/mol. The molecule has 0 aliphatic carbocycles. The number of fused-ring (bicyclic) bond motifs is 1. The number of nitrogens with zero attached hydrogens (tertiary/aromatic N) is 3. The van der Waals surface area contributed by atoms with Crippen LogP contribution in [-0.2, 0) is 0 Å². The largest absolute Gasteiger partial charge is 0.506 e. The number of phenolic OH excluding ortho intramolecular Hbond substituents is 1. The topological polar surface area (TPSA) is 154 Å². The Labute approximate surface area is 163 Å². The number of amides is 3. The van der Waals surface area contributed by atoms with E-state index < -0.39 is 22.6 Å². The van der Waals surface area contributed by atoms with Crippen molar-refractivity contribution >= 4 is 29.1 Å². The van der Waals surface area contributed by atoms with Gasteiger partial charge in [0, 0.05) is 29.5 Å². The summed E-state index contributed by atoms with van der Waals surface area (Å²) in [4.78, 5) is 48.4. The van der Waals surface area contributed by atoms with Crippen molar-refractivity contribution in [1.29, 1.82) is 5.26 Å². The number of aromatic hydroxyl groups is 1. The van der Waals surface area contributed by atoms with Crippen LogP contribution in [0.2, 0.25) is 0 Å². The number of nitriles is 1. The number of hydrogen-bond acceptors (Lipinski definition) is 7. The van der Waals surface area contributed by atoms with E-state index in [0.29, 0.717) is 0 Å². The van der Waals surface area contributed by atoms with Gasteiger partial charge in [-0.05, 0) is 31.2 Å². The van der Waals surface area contributed by atoms with Crippen molar-refractivity contribution in [3.63, 3.8) is 0 Å². The maximum atomic E-state index is 12.5. The van der Waals surface area contributed by atoms with Crippen molar-refractivity contribution in [1.82, 2.24) is 4.90 Å². The summed E-state index contributed by atoms with van der Waals surface area (Å²) in [6, 6.07) is 8.70. The average molecular weight is 392 g/mol. The van der Waals surface area contributed by atoms with Crippen LogP contribution in [0.1, 0.15) is 38.0 Å². The highest BCUT2D eigenvalue weighted by atomic mass is 16.6. The van der Waals surface area contributed by atoms with Gasteiger partial charge in [0.15, 0.2) is 0 Å². The highest BCUT2D eigenvalue weighted by Gasteiger charge is 2.37. The van der Waals surface area contributed by atoms with E-state index in [1.807, 2.05) is 0 Å². The number of carbonyl (C=O) groups excluding carboxylic acids is 3. The zero-order valence-electron chi connectivity index (χ0n) is 14.9. The lowest BCUT2D eigenvalue weighted by Gasteiger charge is -2.12. The van der Waals surface area contributed by atoms with Crippen LogP contribution in [0, 0.1) is 21.4 Å². The van der Waals surface area contributed by atoms with E-state index in [2.05, 4.69) is 5.32 Å². The second-order valence-electron chi connectivity index (χ2n) is 6.03. The number of allylic oxidation sites excluding steroid dienone is 2. The summed E-state index contributed by atoms with van der Waals surface area (Å²) >= 11 is 0. The first-order valence-electron chi connectivity index (χ1n) is 8.12. The monoisotopic (exact) mass is 392 g/mol. The van der Waals surface area contributed by atoms with Crippen LogP contribution in [0.5, 0.6) is 5.75 Å². The van der Waals surface area contributed by atoms with Gasteiger partial charge in [-0.25, -0.2) is 4.90 Å². The van der Waals surface area contributed by atoms with Crippen LogP contribution in [0.25, 0.3) is 0 Å². The van der Waals surface area contributed by atoms with E-state index in [-0.39, 0.29) is 39.5 Å². The predicted octanol–water partition coefficient (Wildman–Crippen LogP) is 2.58. The molecule has 0 spiro atoms. The first kappa shape index (κ1) is 19.2. The quantitative estimate of drug-likeness (QED) is 0.266. The van der Waals surface area contributed by atoms with Gasteiger partial charge in [-0.2, -0.15) is 5.26 Å². The fourth-order valence-corrected chi connectivity index (χ4v) is 2.79. The number of nitrogens with one attached hydrogen (secondary N) is 1. The molecule has 144 valence electrons. The normalized spacial score (nSPS) is 13.1. The van der Waals surface area contributed by atoms with Crippen LogP contribution < -0.4 is 5.32 Å². The number of anilines is 1.